The van der Waals surface area contributed by atoms with Crippen molar-refractivity contribution in [3.8, 4) is 5.75 Å². The fourth-order valence-electron chi connectivity index (χ4n) is 2.57. The molecule has 0 atom stereocenters. The number of carbonyl (C=O) groups excluding carboxylic acids is 1. The van der Waals surface area contributed by atoms with Gasteiger partial charge in [0.1, 0.15) is 11.4 Å². The Bertz CT molecular complexity index is 692. The van der Waals surface area contributed by atoms with E-state index in [1.165, 1.54) is 0 Å². The fourth-order valence-corrected chi connectivity index (χ4v) is 2.57. The van der Waals surface area contributed by atoms with Gasteiger partial charge in [-0.1, -0.05) is 26.0 Å². The first-order valence-corrected chi connectivity index (χ1v) is 8.51. The smallest absolute Gasteiger partial charge is 0.272 e. The van der Waals surface area contributed by atoms with E-state index in [9.17, 15) is 4.79 Å². The maximum absolute atomic E-state index is 12.8. The lowest BCUT2D eigenvalue weighted by molar-refractivity contribution is 0.0772. The second-order valence-corrected chi connectivity index (χ2v) is 6.17. The Balaban J connectivity index is 2.16. The van der Waals surface area contributed by atoms with Gasteiger partial charge in [-0.2, -0.15) is 5.10 Å². The van der Waals surface area contributed by atoms with Crippen molar-refractivity contribution in [3.63, 3.8) is 0 Å². The van der Waals surface area contributed by atoms with Crippen LogP contribution in [0.4, 0.5) is 0 Å². The minimum absolute atomic E-state index is 0.0157. The molecule has 0 N–H and O–H groups in total. The maximum atomic E-state index is 12.8. The van der Waals surface area contributed by atoms with E-state index >= 15 is 0 Å². The summed E-state index contributed by atoms with van der Waals surface area (Å²) in [6.07, 6.45) is 0. The number of rotatable bonds is 7. The molecule has 24 heavy (non-hydrogen) atoms. The van der Waals surface area contributed by atoms with E-state index in [2.05, 4.69) is 18.9 Å². The molecule has 0 aliphatic rings. The van der Waals surface area contributed by atoms with Crippen LogP contribution in [0.15, 0.2) is 30.3 Å². The largest absolute Gasteiger partial charge is 0.494 e. The summed E-state index contributed by atoms with van der Waals surface area (Å²) in [7, 11) is 1.82. The van der Waals surface area contributed by atoms with Crippen molar-refractivity contribution >= 4 is 5.91 Å². The van der Waals surface area contributed by atoms with E-state index in [1.54, 1.807) is 9.58 Å². The highest BCUT2D eigenvalue weighted by atomic mass is 16.5. The minimum atomic E-state index is -0.0157. The molecular weight excluding hydrogens is 302 g/mol. The van der Waals surface area contributed by atoms with Crippen LogP contribution in [-0.2, 0) is 13.1 Å². The summed E-state index contributed by atoms with van der Waals surface area (Å²) in [6, 6.07) is 9.76. The molecule has 0 spiro atoms. The molecular formula is C19H27N3O2. The molecule has 5 nitrogen and oxygen atoms in total. The van der Waals surface area contributed by atoms with Crippen molar-refractivity contribution in [3.05, 3.63) is 47.3 Å². The third-order valence-electron chi connectivity index (χ3n) is 3.88. The highest BCUT2D eigenvalue weighted by molar-refractivity contribution is 5.92. The van der Waals surface area contributed by atoms with Gasteiger partial charge in [0.15, 0.2) is 0 Å². The average molecular weight is 329 g/mol. The monoisotopic (exact) mass is 329 g/mol. The van der Waals surface area contributed by atoms with Crippen LogP contribution in [0, 0.1) is 0 Å². The molecule has 1 amide bonds. The third kappa shape index (κ3) is 4.16. The van der Waals surface area contributed by atoms with Gasteiger partial charge in [0.2, 0.25) is 0 Å². The first-order valence-electron chi connectivity index (χ1n) is 8.51. The summed E-state index contributed by atoms with van der Waals surface area (Å²) in [5.41, 5.74) is 2.64. The van der Waals surface area contributed by atoms with E-state index in [-0.39, 0.29) is 5.91 Å². The van der Waals surface area contributed by atoms with Crippen LogP contribution in [0.2, 0.25) is 0 Å². The highest BCUT2D eigenvalue weighted by Crippen LogP contribution is 2.18. The molecule has 0 unspecified atom stereocenters. The van der Waals surface area contributed by atoms with Crippen molar-refractivity contribution < 1.29 is 9.53 Å². The number of hydrogen-bond donors (Lipinski definition) is 0. The molecule has 0 saturated heterocycles. The summed E-state index contributed by atoms with van der Waals surface area (Å²) in [5, 5.41) is 4.53. The second-order valence-electron chi connectivity index (χ2n) is 6.17. The van der Waals surface area contributed by atoms with Gasteiger partial charge in [0.05, 0.1) is 12.3 Å². The van der Waals surface area contributed by atoms with Crippen LogP contribution in [0.1, 0.15) is 55.4 Å². The Kier molecular flexibility index (Phi) is 6.01. The minimum Gasteiger partial charge on any atom is -0.494 e. The molecule has 1 aromatic heterocycles. The van der Waals surface area contributed by atoms with Gasteiger partial charge in [-0.3, -0.25) is 9.48 Å². The number of carbonyl (C=O) groups is 1. The van der Waals surface area contributed by atoms with E-state index in [0.717, 1.165) is 17.0 Å². The fraction of sp³-hybridized carbons (Fsp3) is 0.474. The second kappa shape index (κ2) is 7.99. The van der Waals surface area contributed by atoms with Gasteiger partial charge < -0.3 is 9.64 Å². The van der Waals surface area contributed by atoms with Crippen LogP contribution < -0.4 is 4.74 Å². The van der Waals surface area contributed by atoms with Crippen molar-refractivity contribution in [1.29, 1.82) is 0 Å². The Morgan fingerprint density at radius 1 is 1.29 bits per heavy atom. The predicted octanol–water partition coefficient (Wildman–Crippen LogP) is 3.70. The van der Waals surface area contributed by atoms with E-state index < -0.39 is 0 Å². The van der Waals surface area contributed by atoms with Crippen LogP contribution in [0.3, 0.4) is 0 Å². The van der Waals surface area contributed by atoms with E-state index in [4.69, 9.17) is 4.74 Å². The quantitative estimate of drug-likeness (QED) is 0.778. The molecule has 0 aliphatic heterocycles. The van der Waals surface area contributed by atoms with Gasteiger partial charge in [0, 0.05) is 20.1 Å². The van der Waals surface area contributed by atoms with Crippen molar-refractivity contribution in [1.82, 2.24) is 14.7 Å². The number of aromatic nitrogens is 2. The van der Waals surface area contributed by atoms with Crippen LogP contribution in [-0.4, -0.2) is 34.2 Å². The summed E-state index contributed by atoms with van der Waals surface area (Å²) in [6.45, 7) is 9.97. The summed E-state index contributed by atoms with van der Waals surface area (Å²) in [4.78, 5) is 14.5. The number of amides is 1. The zero-order valence-electron chi connectivity index (χ0n) is 15.2. The number of nitrogens with zero attached hydrogens (tertiary/aromatic N) is 3. The van der Waals surface area contributed by atoms with Crippen molar-refractivity contribution in [2.24, 2.45) is 0 Å². The summed E-state index contributed by atoms with van der Waals surface area (Å²) in [5.74, 6) is 1.12. The summed E-state index contributed by atoms with van der Waals surface area (Å²) < 4.78 is 7.30. The molecule has 2 rings (SSSR count). The Hall–Kier alpha value is -2.30. The predicted molar refractivity (Wildman–Crippen MR) is 95.4 cm³/mol. The Labute approximate surface area is 144 Å². The van der Waals surface area contributed by atoms with Gasteiger partial charge in [-0.05, 0) is 43.5 Å². The molecule has 130 valence electrons. The highest BCUT2D eigenvalue weighted by Gasteiger charge is 2.19. The van der Waals surface area contributed by atoms with Crippen LogP contribution in [0.5, 0.6) is 5.75 Å². The Morgan fingerprint density at radius 2 is 2.04 bits per heavy atom. The molecule has 1 aromatic carbocycles. The molecule has 5 heteroatoms. The molecule has 0 bridgehead atoms. The normalized spacial score (nSPS) is 10.9. The third-order valence-corrected chi connectivity index (χ3v) is 3.88. The summed E-state index contributed by atoms with van der Waals surface area (Å²) >= 11 is 0. The van der Waals surface area contributed by atoms with Gasteiger partial charge >= 0.3 is 0 Å². The zero-order chi connectivity index (χ0) is 17.7. The average Bonchev–Trinajstić information content (AvgIpc) is 2.99. The van der Waals surface area contributed by atoms with Crippen molar-refractivity contribution in [2.45, 2.75) is 46.7 Å². The van der Waals surface area contributed by atoms with E-state index in [1.807, 2.05) is 51.2 Å². The van der Waals surface area contributed by atoms with Gasteiger partial charge in [0.25, 0.3) is 5.91 Å². The molecule has 0 saturated carbocycles. The van der Waals surface area contributed by atoms with Crippen LogP contribution >= 0.6 is 0 Å². The van der Waals surface area contributed by atoms with Crippen LogP contribution in [0.25, 0.3) is 0 Å². The number of aryl methyl sites for hydroxylation is 1. The number of hydrogen-bond acceptors (Lipinski definition) is 3. The Morgan fingerprint density at radius 3 is 2.67 bits per heavy atom. The lowest BCUT2D eigenvalue weighted by atomic mass is 10.1. The molecule has 1 heterocycles. The SMILES string of the molecule is CCOc1cccc(CN(C)C(=O)c2cc(C(C)C)nn2CC)c1. The number of ether oxygens (including phenoxy) is 1. The first-order chi connectivity index (χ1) is 11.5. The molecule has 2 aromatic rings. The standard InChI is InChI=1S/C19H27N3O2/c1-6-22-18(12-17(20-22)14(3)4)19(23)21(5)13-15-9-8-10-16(11-15)24-7-2/h8-12,14H,6-7,13H2,1-5H3. The molecule has 0 aliphatic carbocycles. The molecule has 0 radical (unpaired) electrons. The number of benzene rings is 1. The van der Waals surface area contributed by atoms with E-state index in [0.29, 0.717) is 31.3 Å². The lowest BCUT2D eigenvalue weighted by Crippen LogP contribution is -2.28. The topological polar surface area (TPSA) is 47.4 Å². The first kappa shape index (κ1) is 18.0. The lowest BCUT2D eigenvalue weighted by Gasteiger charge is -2.18. The zero-order valence-corrected chi connectivity index (χ0v) is 15.2. The van der Waals surface area contributed by atoms with Crippen molar-refractivity contribution in [2.75, 3.05) is 13.7 Å². The van der Waals surface area contributed by atoms with Gasteiger partial charge in [-0.15, -0.1) is 0 Å². The maximum Gasteiger partial charge on any atom is 0.272 e. The van der Waals surface area contributed by atoms with Gasteiger partial charge in [-0.25, -0.2) is 0 Å². The molecule has 0 fully saturated rings.